The van der Waals surface area contributed by atoms with Crippen LogP contribution in [0.2, 0.25) is 0 Å². The molecule has 0 radical (unpaired) electrons. The van der Waals surface area contributed by atoms with Crippen molar-refractivity contribution < 1.29 is 0 Å². The third kappa shape index (κ3) is 5.92. The molecule has 14 heavy (non-hydrogen) atoms. The van der Waals surface area contributed by atoms with Gasteiger partial charge in [0.15, 0.2) is 0 Å². The van der Waals surface area contributed by atoms with E-state index in [2.05, 4.69) is 51.7 Å². The van der Waals surface area contributed by atoms with Crippen molar-refractivity contribution in [2.75, 3.05) is 12.4 Å². The molecule has 0 aromatic heterocycles. The molecule has 1 aromatic rings. The van der Waals surface area contributed by atoms with Crippen LogP contribution < -0.4 is 5.32 Å². The van der Waals surface area contributed by atoms with Gasteiger partial charge in [0.25, 0.3) is 0 Å². The fourth-order valence-electron chi connectivity index (χ4n) is 0.850. The first kappa shape index (κ1) is 13.4. The number of anilines is 1. The molecule has 0 atom stereocenters. The van der Waals surface area contributed by atoms with E-state index in [0.717, 1.165) is 16.5 Å². The lowest BCUT2D eigenvalue weighted by Gasteiger charge is -2.03. The van der Waals surface area contributed by atoms with Crippen LogP contribution in [0.4, 0.5) is 5.69 Å². The molecule has 0 heterocycles. The van der Waals surface area contributed by atoms with Gasteiger partial charge in [0, 0.05) is 17.6 Å². The molecule has 0 spiro atoms. The number of hydrogen-bond acceptors (Lipinski definition) is 2. The number of thiol groups is 1. The van der Waals surface area contributed by atoms with E-state index in [1.807, 2.05) is 19.2 Å². The van der Waals surface area contributed by atoms with E-state index >= 15 is 0 Å². The lowest BCUT2D eigenvalue weighted by atomic mass is 10.2. The van der Waals surface area contributed by atoms with E-state index in [0.29, 0.717) is 0 Å². The zero-order valence-corrected chi connectivity index (χ0v) is 10.7. The van der Waals surface area contributed by atoms with Crippen molar-refractivity contribution in [3.63, 3.8) is 0 Å². The largest absolute Gasteiger partial charge is 0.387 e. The first-order valence-corrected chi connectivity index (χ1v) is 5.39. The third-order valence-electron chi connectivity index (χ3n) is 1.42. The molecule has 1 nitrogen and oxygen atoms in total. The third-order valence-corrected chi connectivity index (χ3v) is 1.81. The summed E-state index contributed by atoms with van der Waals surface area (Å²) in [5, 5.41) is 3.06. The van der Waals surface area contributed by atoms with Crippen LogP contribution in [-0.4, -0.2) is 7.05 Å². The molecule has 0 saturated heterocycles. The summed E-state index contributed by atoms with van der Waals surface area (Å²) in [6.07, 6.45) is 0. The molecule has 1 N–H and O–H groups in total. The molecule has 0 aliphatic rings. The maximum atomic E-state index is 4.26. The lowest BCUT2D eigenvalue weighted by Crippen LogP contribution is -1.89. The Balaban J connectivity index is 0.000000364. The molecule has 2 heteroatoms. The van der Waals surface area contributed by atoms with Gasteiger partial charge in [-0.3, -0.25) is 0 Å². The molecule has 0 bridgehead atoms. The Labute approximate surface area is 93.3 Å². The number of hydrogen-bond donors (Lipinski definition) is 2. The van der Waals surface area contributed by atoms with Crippen molar-refractivity contribution in [2.24, 2.45) is 5.92 Å². The van der Waals surface area contributed by atoms with Gasteiger partial charge in [-0.2, -0.15) is 0 Å². The Kier molecular flexibility index (Phi) is 6.46. The summed E-state index contributed by atoms with van der Waals surface area (Å²) < 4.78 is 0. The van der Waals surface area contributed by atoms with Crippen LogP contribution >= 0.6 is 12.6 Å². The van der Waals surface area contributed by atoms with Crippen LogP contribution in [0.5, 0.6) is 0 Å². The van der Waals surface area contributed by atoms with Crippen molar-refractivity contribution >= 4 is 18.3 Å². The topological polar surface area (TPSA) is 12.0 Å². The highest BCUT2D eigenvalue weighted by molar-refractivity contribution is 7.80. The summed E-state index contributed by atoms with van der Waals surface area (Å²) in [4.78, 5) is 0.994. The fourth-order valence-corrected chi connectivity index (χ4v) is 1.10. The molecule has 0 saturated carbocycles. The number of rotatable bonds is 1. The predicted molar refractivity (Wildman–Crippen MR) is 68.5 cm³/mol. The quantitative estimate of drug-likeness (QED) is 0.669. The normalized spacial score (nSPS) is 9.36. The summed E-state index contributed by atoms with van der Waals surface area (Å²) in [5.41, 5.74) is 2.34. The average Bonchev–Trinajstić information content (AvgIpc) is 2.08. The highest BCUT2D eigenvalue weighted by atomic mass is 32.1. The Morgan fingerprint density at radius 3 is 2.07 bits per heavy atom. The van der Waals surface area contributed by atoms with Gasteiger partial charge in [-0.25, -0.2) is 0 Å². The Morgan fingerprint density at radius 2 is 1.71 bits per heavy atom. The molecule has 1 aromatic carbocycles. The van der Waals surface area contributed by atoms with E-state index in [4.69, 9.17) is 0 Å². The zero-order valence-electron chi connectivity index (χ0n) is 9.76. The number of aryl methyl sites for hydroxylation is 1. The maximum absolute atomic E-state index is 4.26. The van der Waals surface area contributed by atoms with Crippen molar-refractivity contribution in [3.8, 4) is 0 Å². The second kappa shape index (κ2) is 6.77. The van der Waals surface area contributed by atoms with E-state index < -0.39 is 0 Å². The van der Waals surface area contributed by atoms with Gasteiger partial charge < -0.3 is 5.32 Å². The standard InChI is InChI=1S/C8H11NS.C4H10/c1-6-3-4-8(10)7(5-6)9-2;1-4(2)3/h3-5,9-10H,1-2H3;4H,1-3H3. The summed E-state index contributed by atoms with van der Waals surface area (Å²) in [6, 6.07) is 6.11. The Morgan fingerprint density at radius 1 is 1.21 bits per heavy atom. The Bertz CT molecular complexity index is 266. The fraction of sp³-hybridized carbons (Fsp3) is 0.500. The summed E-state index contributed by atoms with van der Waals surface area (Å²) in [5.74, 6) is 0.833. The smallest absolute Gasteiger partial charge is 0.0475 e. The van der Waals surface area contributed by atoms with Crippen LogP contribution in [0.1, 0.15) is 26.3 Å². The van der Waals surface area contributed by atoms with Gasteiger partial charge >= 0.3 is 0 Å². The van der Waals surface area contributed by atoms with Gasteiger partial charge in [-0.1, -0.05) is 26.8 Å². The molecule has 1 rings (SSSR count). The van der Waals surface area contributed by atoms with Gasteiger partial charge in [-0.05, 0) is 30.5 Å². The summed E-state index contributed by atoms with van der Waals surface area (Å²) in [7, 11) is 1.90. The highest BCUT2D eigenvalue weighted by Gasteiger charge is 1.93. The SMILES string of the molecule is CC(C)C.CNc1cc(C)ccc1S. The van der Waals surface area contributed by atoms with E-state index in [1.165, 1.54) is 5.56 Å². The van der Waals surface area contributed by atoms with Crippen molar-refractivity contribution in [1.29, 1.82) is 0 Å². The zero-order chi connectivity index (χ0) is 11.1. The minimum atomic E-state index is 0.833. The average molecular weight is 211 g/mol. The first-order chi connectivity index (χ1) is 6.47. The van der Waals surface area contributed by atoms with Crippen molar-refractivity contribution in [3.05, 3.63) is 23.8 Å². The van der Waals surface area contributed by atoms with Crippen LogP contribution in [-0.2, 0) is 0 Å². The van der Waals surface area contributed by atoms with Gasteiger partial charge in [0.05, 0.1) is 0 Å². The van der Waals surface area contributed by atoms with Gasteiger partial charge in [0.2, 0.25) is 0 Å². The molecule has 0 fully saturated rings. The molecule has 0 unspecified atom stereocenters. The van der Waals surface area contributed by atoms with Gasteiger partial charge in [-0.15, -0.1) is 12.6 Å². The molecule has 0 aliphatic heterocycles. The number of benzene rings is 1. The summed E-state index contributed by atoms with van der Waals surface area (Å²) in [6.45, 7) is 8.56. The predicted octanol–water partition coefficient (Wildman–Crippen LogP) is 3.99. The first-order valence-electron chi connectivity index (χ1n) is 4.94. The lowest BCUT2D eigenvalue weighted by molar-refractivity contribution is 0.737. The van der Waals surface area contributed by atoms with E-state index in [1.54, 1.807) is 0 Å². The van der Waals surface area contributed by atoms with Crippen molar-refractivity contribution in [1.82, 2.24) is 0 Å². The monoisotopic (exact) mass is 211 g/mol. The summed E-state index contributed by atoms with van der Waals surface area (Å²) >= 11 is 4.26. The van der Waals surface area contributed by atoms with Crippen molar-refractivity contribution in [2.45, 2.75) is 32.6 Å². The second-order valence-corrected chi connectivity index (χ2v) is 4.48. The number of nitrogens with one attached hydrogen (secondary N) is 1. The van der Waals surface area contributed by atoms with E-state index in [-0.39, 0.29) is 0 Å². The second-order valence-electron chi connectivity index (χ2n) is 4.00. The molecule has 0 amide bonds. The minimum Gasteiger partial charge on any atom is -0.387 e. The maximum Gasteiger partial charge on any atom is 0.0475 e. The molecular formula is C12H21NS. The van der Waals surface area contributed by atoms with Crippen LogP contribution in [0.3, 0.4) is 0 Å². The minimum absolute atomic E-state index is 0.833. The van der Waals surface area contributed by atoms with Crippen LogP contribution in [0, 0.1) is 12.8 Å². The van der Waals surface area contributed by atoms with Crippen LogP contribution in [0.25, 0.3) is 0 Å². The van der Waals surface area contributed by atoms with Gasteiger partial charge in [0.1, 0.15) is 0 Å². The Hall–Kier alpha value is -0.630. The molecular weight excluding hydrogens is 190 g/mol. The molecule has 80 valence electrons. The molecule has 0 aliphatic carbocycles. The highest BCUT2D eigenvalue weighted by Crippen LogP contribution is 2.19. The van der Waals surface area contributed by atoms with E-state index in [9.17, 15) is 0 Å². The van der Waals surface area contributed by atoms with Crippen LogP contribution in [0.15, 0.2) is 23.1 Å².